The first-order chi connectivity index (χ1) is 20.4. The number of ether oxygens (including phenoxy) is 6. The number of carboxylic acid groups (broad SMARTS) is 1. The predicted molar refractivity (Wildman–Crippen MR) is 156 cm³/mol. The van der Waals surface area contributed by atoms with Gasteiger partial charge in [0.05, 0.1) is 13.2 Å². The van der Waals surface area contributed by atoms with Crippen molar-refractivity contribution in [1.82, 2.24) is 5.32 Å². The molecule has 0 aliphatic heterocycles. The van der Waals surface area contributed by atoms with Gasteiger partial charge in [-0.1, -0.05) is 53.0 Å². The van der Waals surface area contributed by atoms with E-state index in [4.69, 9.17) is 28.4 Å². The van der Waals surface area contributed by atoms with E-state index in [-0.39, 0.29) is 54.6 Å². The van der Waals surface area contributed by atoms with Gasteiger partial charge < -0.3 is 33.5 Å². The Morgan fingerprint density at radius 3 is 1.93 bits per heavy atom. The first-order valence-corrected chi connectivity index (χ1v) is 15.1. The second-order valence-corrected chi connectivity index (χ2v) is 11.5. The molecule has 0 aromatic heterocycles. The van der Waals surface area contributed by atoms with Gasteiger partial charge in [0.25, 0.3) is 5.72 Å². The number of rotatable bonds is 15. The van der Waals surface area contributed by atoms with Crippen LogP contribution in [0.15, 0.2) is 18.2 Å². The molecule has 1 aliphatic rings. The highest BCUT2D eigenvalue weighted by Gasteiger charge is 2.45. The molecule has 0 heterocycles. The summed E-state index contributed by atoms with van der Waals surface area (Å²) in [5, 5.41) is 13.1. The molecule has 2 unspecified atom stereocenters. The van der Waals surface area contributed by atoms with E-state index in [1.54, 1.807) is 13.8 Å². The normalized spacial score (nSPS) is 16.3. The minimum absolute atomic E-state index is 0.0916. The molecular weight excluding hydrogens is 562 g/mol. The average Bonchev–Trinajstić information content (AvgIpc) is 2.95. The van der Waals surface area contributed by atoms with Crippen LogP contribution >= 0.6 is 0 Å². The fraction of sp³-hybridized carbons (Fsp3) is 0.677. The van der Waals surface area contributed by atoms with Crippen LogP contribution in [0.2, 0.25) is 0 Å². The summed E-state index contributed by atoms with van der Waals surface area (Å²) >= 11 is 0. The van der Waals surface area contributed by atoms with Gasteiger partial charge in [-0.05, 0) is 69.1 Å². The zero-order valence-corrected chi connectivity index (χ0v) is 26.1. The molecule has 12 heteroatoms. The minimum atomic E-state index is -2.22. The number of carbonyl (C=O) groups is 4. The summed E-state index contributed by atoms with van der Waals surface area (Å²) in [6.07, 6.45) is 1.96. The van der Waals surface area contributed by atoms with Crippen molar-refractivity contribution < 1.29 is 52.7 Å². The zero-order valence-electron chi connectivity index (χ0n) is 26.1. The van der Waals surface area contributed by atoms with Crippen LogP contribution in [-0.2, 0) is 30.2 Å². The van der Waals surface area contributed by atoms with Crippen molar-refractivity contribution in [2.45, 2.75) is 111 Å². The van der Waals surface area contributed by atoms with E-state index in [0.717, 1.165) is 32.1 Å². The molecule has 0 radical (unpaired) electrons. The van der Waals surface area contributed by atoms with Gasteiger partial charge in [-0.3, -0.25) is 5.32 Å². The van der Waals surface area contributed by atoms with Crippen LogP contribution < -0.4 is 14.8 Å². The summed E-state index contributed by atoms with van der Waals surface area (Å²) in [6.45, 7) is 11.4. The van der Waals surface area contributed by atoms with Crippen molar-refractivity contribution in [3.8, 4) is 11.5 Å². The van der Waals surface area contributed by atoms with Crippen LogP contribution in [0, 0.1) is 11.8 Å². The average molecular weight is 610 g/mol. The summed E-state index contributed by atoms with van der Waals surface area (Å²) in [5.41, 5.74) is -1.93. The van der Waals surface area contributed by atoms with E-state index in [9.17, 15) is 24.3 Å². The fourth-order valence-corrected chi connectivity index (χ4v) is 4.26. The van der Waals surface area contributed by atoms with Gasteiger partial charge in [-0.25, -0.2) is 19.2 Å². The van der Waals surface area contributed by atoms with E-state index in [0.29, 0.717) is 12.8 Å². The molecule has 1 aromatic carbocycles. The van der Waals surface area contributed by atoms with Gasteiger partial charge in [0.1, 0.15) is 6.10 Å². The molecule has 2 rings (SSSR count). The Labute approximate surface area is 253 Å². The Morgan fingerprint density at radius 2 is 1.42 bits per heavy atom. The van der Waals surface area contributed by atoms with Crippen molar-refractivity contribution in [2.24, 2.45) is 11.8 Å². The van der Waals surface area contributed by atoms with Crippen molar-refractivity contribution in [2.75, 3.05) is 13.2 Å². The molecule has 0 amide bonds. The van der Waals surface area contributed by atoms with Gasteiger partial charge in [0.2, 0.25) is 0 Å². The van der Waals surface area contributed by atoms with Crippen molar-refractivity contribution in [1.29, 1.82) is 0 Å². The molecule has 43 heavy (non-hydrogen) atoms. The summed E-state index contributed by atoms with van der Waals surface area (Å²) in [6, 6.07) is 3.70. The van der Waals surface area contributed by atoms with Crippen molar-refractivity contribution in [3.05, 3.63) is 23.8 Å². The Morgan fingerprint density at radius 1 is 0.860 bits per heavy atom. The number of hydrogen-bond donors (Lipinski definition) is 2. The number of carboxylic acids is 1. The van der Waals surface area contributed by atoms with Crippen LogP contribution in [0.25, 0.3) is 0 Å². The molecular formula is C31H47NO11. The first kappa shape index (κ1) is 35.7. The highest BCUT2D eigenvalue weighted by Crippen LogP contribution is 2.32. The quantitative estimate of drug-likeness (QED) is 0.0950. The summed E-state index contributed by atoms with van der Waals surface area (Å²) in [4.78, 5) is 50.2. The van der Waals surface area contributed by atoms with Gasteiger partial charge >= 0.3 is 24.4 Å². The molecule has 1 aliphatic carbocycles. The van der Waals surface area contributed by atoms with Crippen LogP contribution in [0.5, 0.6) is 11.5 Å². The van der Waals surface area contributed by atoms with Crippen LogP contribution in [0.4, 0.5) is 14.4 Å². The number of benzene rings is 1. The molecule has 1 saturated carbocycles. The molecule has 0 spiro atoms. The van der Waals surface area contributed by atoms with Gasteiger partial charge in [0.15, 0.2) is 11.5 Å². The maximum absolute atomic E-state index is 12.8. The molecule has 0 bridgehead atoms. The molecule has 3 atom stereocenters. The number of aliphatic carboxylic acids is 1. The first-order valence-electron chi connectivity index (χ1n) is 15.1. The monoisotopic (exact) mass is 609 g/mol. The zero-order chi connectivity index (χ0) is 32.0. The van der Waals surface area contributed by atoms with Crippen LogP contribution in [0.1, 0.15) is 92.1 Å². The Bertz CT molecular complexity index is 1070. The highest BCUT2D eigenvalue weighted by molar-refractivity contribution is 5.80. The van der Waals surface area contributed by atoms with Crippen LogP contribution in [-0.4, -0.2) is 60.6 Å². The topological polar surface area (TPSA) is 156 Å². The van der Waals surface area contributed by atoms with E-state index < -0.39 is 36.2 Å². The van der Waals surface area contributed by atoms with E-state index in [2.05, 4.69) is 5.32 Å². The van der Waals surface area contributed by atoms with Gasteiger partial charge in [-0.2, -0.15) is 0 Å². The standard InChI is InChI=1S/C31H47NO11/c1-7-21(5)18-38-28(35)41-25-15-14-23(16-26(25)42-29(36)39-19-22(6)8-2)17-31(27(33)34,32-20(3)4)43-30(37)40-24-12-10-9-11-13-24/h14-16,20-22,24,32H,7-13,17-19H2,1-6H3,(H,33,34)/t21?,22?,31-/m0/s1. The lowest BCUT2D eigenvalue weighted by molar-refractivity contribution is -0.168. The summed E-state index contributed by atoms with van der Waals surface area (Å²) in [7, 11) is 0. The summed E-state index contributed by atoms with van der Waals surface area (Å²) < 4.78 is 31.9. The second kappa shape index (κ2) is 17.5. The summed E-state index contributed by atoms with van der Waals surface area (Å²) in [5.74, 6) is -1.60. The number of hydrogen-bond acceptors (Lipinski definition) is 11. The maximum Gasteiger partial charge on any atom is 0.513 e. The minimum Gasteiger partial charge on any atom is -0.477 e. The van der Waals surface area contributed by atoms with Crippen molar-refractivity contribution in [3.63, 3.8) is 0 Å². The maximum atomic E-state index is 12.8. The van der Waals surface area contributed by atoms with Gasteiger partial charge in [0, 0.05) is 12.5 Å². The lowest BCUT2D eigenvalue weighted by Crippen LogP contribution is -2.59. The molecule has 242 valence electrons. The lowest BCUT2D eigenvalue weighted by Gasteiger charge is -2.32. The second-order valence-electron chi connectivity index (χ2n) is 11.5. The van der Waals surface area contributed by atoms with E-state index >= 15 is 0 Å². The fourth-order valence-electron chi connectivity index (χ4n) is 4.26. The largest absolute Gasteiger partial charge is 0.513 e. The third kappa shape index (κ3) is 12.3. The third-order valence-corrected chi connectivity index (χ3v) is 7.15. The SMILES string of the molecule is CCC(C)COC(=O)Oc1ccc(C[C@](NC(C)C)(OC(=O)OC2CCCCC2)C(=O)O)cc1OC(=O)OCC(C)CC. The molecule has 2 N–H and O–H groups in total. The van der Waals surface area contributed by atoms with Gasteiger partial charge in [-0.15, -0.1) is 0 Å². The van der Waals surface area contributed by atoms with E-state index in [1.807, 2.05) is 27.7 Å². The molecule has 0 saturated heterocycles. The predicted octanol–water partition coefficient (Wildman–Crippen LogP) is 6.62. The smallest absolute Gasteiger partial charge is 0.477 e. The van der Waals surface area contributed by atoms with E-state index in [1.165, 1.54) is 18.2 Å². The third-order valence-electron chi connectivity index (χ3n) is 7.15. The lowest BCUT2D eigenvalue weighted by atomic mass is 9.98. The number of carbonyl (C=O) groups excluding carboxylic acids is 3. The number of nitrogens with one attached hydrogen (secondary N) is 1. The van der Waals surface area contributed by atoms with Crippen molar-refractivity contribution >= 4 is 24.4 Å². The molecule has 12 nitrogen and oxygen atoms in total. The van der Waals surface area contributed by atoms with Crippen LogP contribution in [0.3, 0.4) is 0 Å². The molecule has 1 fully saturated rings. The Hall–Kier alpha value is -3.54. The Balaban J connectivity index is 2.34. The molecule has 1 aromatic rings. The Kier molecular flexibility index (Phi) is 14.5. The highest BCUT2D eigenvalue weighted by atomic mass is 16.8.